The molecular formula is C12H15ClFN3O2. The number of nitro benzene ring substituents is 1. The number of anilines is 1. The van der Waals surface area contributed by atoms with Crippen LogP contribution in [-0.2, 0) is 0 Å². The van der Waals surface area contributed by atoms with E-state index < -0.39 is 10.7 Å². The number of nitro groups is 1. The lowest BCUT2D eigenvalue weighted by Crippen LogP contribution is -2.42. The van der Waals surface area contributed by atoms with E-state index in [1.54, 1.807) is 0 Å². The molecule has 0 saturated heterocycles. The molecule has 5 nitrogen and oxygen atoms in total. The fourth-order valence-corrected chi connectivity index (χ4v) is 2.66. The van der Waals surface area contributed by atoms with Gasteiger partial charge in [-0.05, 0) is 12.8 Å². The molecule has 0 aromatic heterocycles. The molecule has 1 aromatic rings. The summed E-state index contributed by atoms with van der Waals surface area (Å²) in [5.74, 6) is -0.681. The molecule has 0 atom stereocenters. The van der Waals surface area contributed by atoms with Crippen molar-refractivity contribution in [3.05, 3.63) is 33.1 Å². The Labute approximate surface area is 115 Å². The molecule has 3 N–H and O–H groups in total. The molecule has 19 heavy (non-hydrogen) atoms. The predicted molar refractivity (Wildman–Crippen MR) is 71.9 cm³/mol. The minimum Gasteiger partial charge on any atom is -0.373 e. The average molecular weight is 288 g/mol. The van der Waals surface area contributed by atoms with Gasteiger partial charge in [-0.15, -0.1) is 0 Å². The van der Waals surface area contributed by atoms with Crippen molar-refractivity contribution in [3.8, 4) is 0 Å². The van der Waals surface area contributed by atoms with Crippen molar-refractivity contribution in [3.63, 3.8) is 0 Å². The van der Waals surface area contributed by atoms with Crippen LogP contribution in [0.3, 0.4) is 0 Å². The van der Waals surface area contributed by atoms with Gasteiger partial charge in [-0.25, -0.2) is 4.39 Å². The Bertz CT molecular complexity index is 504. The van der Waals surface area contributed by atoms with E-state index in [1.165, 1.54) is 0 Å². The van der Waals surface area contributed by atoms with E-state index in [-0.39, 0.29) is 21.9 Å². The second-order valence-corrected chi connectivity index (χ2v) is 5.26. The molecule has 0 radical (unpaired) electrons. The first-order chi connectivity index (χ1) is 8.97. The zero-order chi connectivity index (χ0) is 14.0. The molecule has 1 aliphatic carbocycles. The zero-order valence-corrected chi connectivity index (χ0v) is 11.0. The zero-order valence-electron chi connectivity index (χ0n) is 10.3. The first-order valence-electron chi connectivity index (χ1n) is 6.09. The van der Waals surface area contributed by atoms with Crippen molar-refractivity contribution in [2.24, 2.45) is 5.73 Å². The molecule has 0 bridgehead atoms. The normalized spacial score (nSPS) is 17.4. The highest BCUT2D eigenvalue weighted by atomic mass is 35.5. The second-order valence-electron chi connectivity index (χ2n) is 4.86. The van der Waals surface area contributed by atoms with Crippen LogP contribution in [0, 0.1) is 15.9 Å². The summed E-state index contributed by atoms with van der Waals surface area (Å²) in [6.07, 6.45) is 3.66. The van der Waals surface area contributed by atoms with Crippen LogP contribution in [-0.4, -0.2) is 17.0 Å². The van der Waals surface area contributed by atoms with Crippen LogP contribution < -0.4 is 11.1 Å². The summed E-state index contributed by atoms with van der Waals surface area (Å²) in [4.78, 5) is 10.4. The van der Waals surface area contributed by atoms with E-state index in [9.17, 15) is 14.5 Å². The summed E-state index contributed by atoms with van der Waals surface area (Å²) < 4.78 is 13.5. The highest BCUT2D eigenvalue weighted by Gasteiger charge is 2.34. The fraction of sp³-hybridized carbons (Fsp3) is 0.500. The van der Waals surface area contributed by atoms with Gasteiger partial charge in [-0.1, -0.05) is 24.4 Å². The van der Waals surface area contributed by atoms with Crippen LogP contribution in [0.1, 0.15) is 25.7 Å². The Morgan fingerprint density at radius 1 is 1.47 bits per heavy atom. The van der Waals surface area contributed by atoms with E-state index in [4.69, 9.17) is 17.3 Å². The molecule has 1 aromatic carbocycles. The van der Waals surface area contributed by atoms with Crippen molar-refractivity contribution >= 4 is 23.0 Å². The lowest BCUT2D eigenvalue weighted by molar-refractivity contribution is -0.384. The second kappa shape index (κ2) is 5.30. The monoisotopic (exact) mass is 287 g/mol. The van der Waals surface area contributed by atoms with E-state index in [0.717, 1.165) is 37.8 Å². The molecule has 0 amide bonds. The van der Waals surface area contributed by atoms with Crippen LogP contribution in [0.5, 0.6) is 0 Å². The van der Waals surface area contributed by atoms with E-state index >= 15 is 0 Å². The van der Waals surface area contributed by atoms with Gasteiger partial charge >= 0.3 is 0 Å². The van der Waals surface area contributed by atoms with Gasteiger partial charge in [0, 0.05) is 24.2 Å². The Balaban J connectivity index is 2.38. The number of nitrogens with two attached hydrogens (primary N) is 1. The molecule has 1 aliphatic rings. The van der Waals surface area contributed by atoms with Crippen molar-refractivity contribution in [1.29, 1.82) is 0 Å². The first kappa shape index (κ1) is 14.0. The summed E-state index contributed by atoms with van der Waals surface area (Å²) in [6.45, 7) is 0.356. The fourth-order valence-electron chi connectivity index (χ4n) is 2.51. The van der Waals surface area contributed by atoms with E-state index in [0.29, 0.717) is 6.54 Å². The van der Waals surface area contributed by atoms with Gasteiger partial charge < -0.3 is 11.1 Å². The van der Waals surface area contributed by atoms with Crippen LogP contribution in [0.4, 0.5) is 15.8 Å². The van der Waals surface area contributed by atoms with E-state index in [1.807, 2.05) is 0 Å². The van der Waals surface area contributed by atoms with Crippen molar-refractivity contribution in [1.82, 2.24) is 0 Å². The molecule has 2 rings (SSSR count). The maximum atomic E-state index is 13.5. The molecule has 0 aliphatic heterocycles. The third-order valence-corrected chi connectivity index (χ3v) is 3.88. The minimum atomic E-state index is -0.681. The Kier molecular flexibility index (Phi) is 3.91. The summed E-state index contributed by atoms with van der Waals surface area (Å²) in [7, 11) is 0. The van der Waals surface area contributed by atoms with Crippen molar-refractivity contribution in [2.75, 3.05) is 11.9 Å². The molecule has 104 valence electrons. The van der Waals surface area contributed by atoms with Crippen molar-refractivity contribution in [2.45, 2.75) is 31.2 Å². The molecule has 1 saturated carbocycles. The van der Waals surface area contributed by atoms with Gasteiger partial charge in [0.05, 0.1) is 9.95 Å². The third-order valence-electron chi connectivity index (χ3n) is 3.59. The maximum absolute atomic E-state index is 13.5. The van der Waals surface area contributed by atoms with Crippen molar-refractivity contribution < 1.29 is 9.31 Å². The first-order valence-corrected chi connectivity index (χ1v) is 6.47. The quantitative estimate of drug-likeness (QED) is 0.659. The van der Waals surface area contributed by atoms with Crippen LogP contribution in [0.2, 0.25) is 5.02 Å². The highest BCUT2D eigenvalue weighted by Crippen LogP contribution is 2.37. The summed E-state index contributed by atoms with van der Waals surface area (Å²) in [6, 6.07) is 2.09. The molecule has 7 heteroatoms. The maximum Gasteiger partial charge on any atom is 0.294 e. The third kappa shape index (κ3) is 2.79. The number of rotatable bonds is 4. The van der Waals surface area contributed by atoms with Gasteiger partial charge in [0.25, 0.3) is 5.69 Å². The Hall–Kier alpha value is -1.40. The van der Waals surface area contributed by atoms with Crippen LogP contribution in [0.25, 0.3) is 0 Å². The number of nitrogens with one attached hydrogen (secondary N) is 1. The molecule has 0 unspecified atom stereocenters. The molecule has 0 heterocycles. The number of nitrogens with zero attached hydrogens (tertiary/aromatic N) is 1. The number of halogens is 2. The van der Waals surface area contributed by atoms with Gasteiger partial charge in [-0.3, -0.25) is 10.1 Å². The number of benzene rings is 1. The molecule has 1 fully saturated rings. The number of hydrogen-bond acceptors (Lipinski definition) is 4. The topological polar surface area (TPSA) is 81.2 Å². The van der Waals surface area contributed by atoms with Gasteiger partial charge in [0.15, 0.2) is 0 Å². The number of hydrogen-bond donors (Lipinski definition) is 2. The Morgan fingerprint density at radius 2 is 2.11 bits per heavy atom. The predicted octanol–water partition coefficient (Wildman–Crippen LogP) is 3.07. The van der Waals surface area contributed by atoms with Crippen LogP contribution >= 0.6 is 11.6 Å². The molecular weight excluding hydrogens is 273 g/mol. The smallest absolute Gasteiger partial charge is 0.294 e. The van der Waals surface area contributed by atoms with Gasteiger partial charge in [-0.2, -0.15) is 0 Å². The SMILES string of the molecule is NCC1(Nc2cc(F)c(Cl)cc2[N+](=O)[O-])CCCC1. The molecule has 0 spiro atoms. The average Bonchev–Trinajstić information content (AvgIpc) is 2.82. The van der Waals surface area contributed by atoms with E-state index in [2.05, 4.69) is 5.32 Å². The Morgan fingerprint density at radius 3 is 2.63 bits per heavy atom. The van der Waals surface area contributed by atoms with Gasteiger partial charge in [0.1, 0.15) is 11.5 Å². The summed E-state index contributed by atoms with van der Waals surface area (Å²) in [5, 5.41) is 13.8. The lowest BCUT2D eigenvalue weighted by Gasteiger charge is -2.29. The highest BCUT2D eigenvalue weighted by molar-refractivity contribution is 6.31. The summed E-state index contributed by atoms with van der Waals surface area (Å²) in [5.41, 5.74) is 5.28. The minimum absolute atomic E-state index is 0.138. The standard InChI is InChI=1S/C12H15ClFN3O2/c13-8-5-11(17(18)19)10(6-9(8)14)16-12(7-15)3-1-2-4-12/h5-6,16H,1-4,7,15H2. The largest absolute Gasteiger partial charge is 0.373 e. The van der Waals surface area contributed by atoms with Crippen LogP contribution in [0.15, 0.2) is 12.1 Å². The lowest BCUT2D eigenvalue weighted by atomic mass is 9.97. The van der Waals surface area contributed by atoms with Gasteiger partial charge in [0.2, 0.25) is 0 Å². The summed E-state index contributed by atoms with van der Waals surface area (Å²) >= 11 is 5.58.